The first-order chi connectivity index (χ1) is 12.9. The molecule has 1 aromatic carbocycles. The van der Waals surface area contributed by atoms with Crippen LogP contribution >= 0.6 is 35.6 Å². The van der Waals surface area contributed by atoms with Crippen LogP contribution in [0.4, 0.5) is 4.39 Å². The molecular formula is C18H29ClFIN4O2S. The van der Waals surface area contributed by atoms with E-state index >= 15 is 0 Å². The predicted molar refractivity (Wildman–Crippen MR) is 124 cm³/mol. The minimum absolute atomic E-state index is 0. The van der Waals surface area contributed by atoms with Gasteiger partial charge in [-0.25, -0.2) is 17.1 Å². The minimum atomic E-state index is -3.12. The van der Waals surface area contributed by atoms with Crippen molar-refractivity contribution in [3.05, 3.63) is 34.6 Å². The Labute approximate surface area is 189 Å². The van der Waals surface area contributed by atoms with E-state index in [1.807, 2.05) is 6.92 Å². The molecule has 1 fully saturated rings. The second-order valence-electron chi connectivity index (χ2n) is 6.43. The van der Waals surface area contributed by atoms with Crippen LogP contribution in [0.1, 0.15) is 32.3 Å². The van der Waals surface area contributed by atoms with Gasteiger partial charge in [-0.1, -0.05) is 17.7 Å². The molecule has 0 unspecified atom stereocenters. The number of halogens is 3. The van der Waals surface area contributed by atoms with Gasteiger partial charge in [0.2, 0.25) is 10.0 Å². The highest BCUT2D eigenvalue weighted by atomic mass is 127. The van der Waals surface area contributed by atoms with E-state index in [2.05, 4.69) is 15.6 Å². The molecule has 160 valence electrons. The molecular weight excluding hydrogens is 518 g/mol. The van der Waals surface area contributed by atoms with Crippen LogP contribution in [0.3, 0.4) is 0 Å². The van der Waals surface area contributed by atoms with Crippen molar-refractivity contribution in [1.82, 2.24) is 14.9 Å². The lowest BCUT2D eigenvalue weighted by Gasteiger charge is -2.32. The van der Waals surface area contributed by atoms with Crippen LogP contribution in [0.2, 0.25) is 5.02 Å². The third-order valence-electron chi connectivity index (χ3n) is 4.59. The van der Waals surface area contributed by atoms with Gasteiger partial charge in [-0.3, -0.25) is 4.99 Å². The maximum absolute atomic E-state index is 13.8. The molecule has 1 heterocycles. The first-order valence-electron chi connectivity index (χ1n) is 9.33. The van der Waals surface area contributed by atoms with Gasteiger partial charge in [-0.15, -0.1) is 24.0 Å². The normalized spacial score (nSPS) is 16.5. The fourth-order valence-corrected chi connectivity index (χ4v) is 4.41. The molecule has 28 heavy (non-hydrogen) atoms. The Morgan fingerprint density at radius 2 is 2.00 bits per heavy atom. The number of guanidine groups is 1. The van der Waals surface area contributed by atoms with Crippen molar-refractivity contribution in [2.75, 3.05) is 31.9 Å². The number of piperidine rings is 1. The van der Waals surface area contributed by atoms with Crippen LogP contribution in [0.15, 0.2) is 23.2 Å². The van der Waals surface area contributed by atoms with Crippen LogP contribution in [0.25, 0.3) is 0 Å². The quantitative estimate of drug-likeness (QED) is 0.313. The minimum Gasteiger partial charge on any atom is -0.357 e. The number of aliphatic imine (C=N–C) groups is 1. The Kier molecular flexibility index (Phi) is 11.0. The molecule has 0 aliphatic carbocycles. The van der Waals surface area contributed by atoms with Crippen LogP contribution in [0, 0.1) is 5.82 Å². The molecule has 0 amide bonds. The molecule has 0 saturated carbocycles. The van der Waals surface area contributed by atoms with Gasteiger partial charge in [0, 0.05) is 42.8 Å². The summed E-state index contributed by atoms with van der Waals surface area (Å²) in [4.78, 5) is 4.51. The molecule has 1 saturated heterocycles. The first kappa shape index (κ1) is 25.4. The van der Waals surface area contributed by atoms with Crippen molar-refractivity contribution in [1.29, 1.82) is 0 Å². The Hall–Kier alpha value is -0.650. The van der Waals surface area contributed by atoms with E-state index in [9.17, 15) is 12.8 Å². The van der Waals surface area contributed by atoms with Gasteiger partial charge in [0.1, 0.15) is 5.82 Å². The molecule has 0 bridgehead atoms. The van der Waals surface area contributed by atoms with E-state index in [-0.39, 0.29) is 41.6 Å². The molecule has 0 aromatic heterocycles. The lowest BCUT2D eigenvalue weighted by molar-refractivity contribution is 0.306. The SMILES string of the molecule is CCNC(=NCCc1c(F)cccc1Cl)NC1CCN(S(=O)(=O)CC)CC1.I. The molecule has 2 rings (SSSR count). The molecule has 1 aliphatic heterocycles. The van der Waals surface area contributed by atoms with Crippen LogP contribution in [0.5, 0.6) is 0 Å². The summed E-state index contributed by atoms with van der Waals surface area (Å²) in [6.45, 7) is 5.77. The largest absolute Gasteiger partial charge is 0.357 e. The summed E-state index contributed by atoms with van der Waals surface area (Å²) in [5.41, 5.74) is 0.469. The number of nitrogens with one attached hydrogen (secondary N) is 2. The van der Waals surface area contributed by atoms with Crippen LogP contribution in [-0.4, -0.2) is 56.7 Å². The van der Waals surface area contributed by atoms with Crippen molar-refractivity contribution in [3.8, 4) is 0 Å². The highest BCUT2D eigenvalue weighted by Gasteiger charge is 2.26. The highest BCUT2D eigenvalue weighted by molar-refractivity contribution is 14.0. The lowest BCUT2D eigenvalue weighted by Crippen LogP contribution is -2.50. The molecule has 0 spiro atoms. The summed E-state index contributed by atoms with van der Waals surface area (Å²) in [5, 5.41) is 6.94. The molecule has 6 nitrogen and oxygen atoms in total. The number of hydrogen-bond donors (Lipinski definition) is 2. The van der Waals surface area contributed by atoms with Crippen molar-refractivity contribution in [2.24, 2.45) is 4.99 Å². The Bertz CT molecular complexity index is 736. The lowest BCUT2D eigenvalue weighted by atomic mass is 10.1. The summed E-state index contributed by atoms with van der Waals surface area (Å²) in [7, 11) is -3.12. The number of hydrogen-bond acceptors (Lipinski definition) is 3. The van der Waals surface area contributed by atoms with Crippen molar-refractivity contribution in [2.45, 2.75) is 39.2 Å². The summed E-state index contributed by atoms with van der Waals surface area (Å²) < 4.78 is 39.3. The van der Waals surface area contributed by atoms with E-state index in [0.29, 0.717) is 49.1 Å². The Morgan fingerprint density at radius 1 is 1.32 bits per heavy atom. The maximum atomic E-state index is 13.8. The van der Waals surface area contributed by atoms with Gasteiger partial charge in [0.05, 0.1) is 5.75 Å². The molecule has 10 heteroatoms. The van der Waals surface area contributed by atoms with E-state index in [1.165, 1.54) is 6.07 Å². The van der Waals surface area contributed by atoms with E-state index in [0.717, 1.165) is 12.8 Å². The standard InChI is InChI=1S/C18H28ClFN4O2S.HI/c1-3-21-18(22-11-8-15-16(19)6-5-7-17(15)20)23-14-9-12-24(13-10-14)27(25,26)4-2;/h5-7,14H,3-4,8-13H2,1-2H3,(H2,21,22,23);1H. The van der Waals surface area contributed by atoms with E-state index in [1.54, 1.807) is 23.4 Å². The summed E-state index contributed by atoms with van der Waals surface area (Å²) in [5.74, 6) is 0.468. The van der Waals surface area contributed by atoms with Crippen molar-refractivity contribution in [3.63, 3.8) is 0 Å². The highest BCUT2D eigenvalue weighted by Crippen LogP contribution is 2.19. The average molecular weight is 547 g/mol. The molecule has 2 N–H and O–H groups in total. The fraction of sp³-hybridized carbons (Fsp3) is 0.611. The zero-order chi connectivity index (χ0) is 19.9. The first-order valence-corrected chi connectivity index (χ1v) is 11.3. The van der Waals surface area contributed by atoms with E-state index in [4.69, 9.17) is 11.6 Å². The van der Waals surface area contributed by atoms with Gasteiger partial charge in [0.25, 0.3) is 0 Å². The zero-order valence-electron chi connectivity index (χ0n) is 16.2. The Morgan fingerprint density at radius 3 is 2.57 bits per heavy atom. The third kappa shape index (κ3) is 7.31. The molecule has 0 radical (unpaired) electrons. The smallest absolute Gasteiger partial charge is 0.213 e. The monoisotopic (exact) mass is 546 g/mol. The van der Waals surface area contributed by atoms with Crippen LogP contribution in [-0.2, 0) is 16.4 Å². The summed E-state index contributed by atoms with van der Waals surface area (Å²) in [6, 6.07) is 4.81. The van der Waals surface area contributed by atoms with Crippen molar-refractivity contribution < 1.29 is 12.8 Å². The molecule has 1 aliphatic rings. The topological polar surface area (TPSA) is 73.8 Å². The average Bonchev–Trinajstić information content (AvgIpc) is 2.64. The van der Waals surface area contributed by atoms with Crippen molar-refractivity contribution >= 4 is 51.6 Å². The number of sulfonamides is 1. The second-order valence-corrected chi connectivity index (χ2v) is 9.09. The maximum Gasteiger partial charge on any atom is 0.213 e. The second kappa shape index (κ2) is 12.1. The third-order valence-corrected chi connectivity index (χ3v) is 6.83. The van der Waals surface area contributed by atoms with Gasteiger partial charge in [-0.05, 0) is 45.2 Å². The molecule has 1 aromatic rings. The Balaban J connectivity index is 0.00000392. The number of nitrogens with zero attached hydrogens (tertiary/aromatic N) is 2. The molecule has 0 atom stereocenters. The summed E-state index contributed by atoms with van der Waals surface area (Å²) in [6.07, 6.45) is 1.86. The van der Waals surface area contributed by atoms with E-state index < -0.39 is 10.0 Å². The fourth-order valence-electron chi connectivity index (χ4n) is 3.02. The van der Waals surface area contributed by atoms with Gasteiger partial charge in [0.15, 0.2) is 5.96 Å². The zero-order valence-corrected chi connectivity index (χ0v) is 20.2. The van der Waals surface area contributed by atoms with Gasteiger partial charge >= 0.3 is 0 Å². The number of benzene rings is 1. The number of rotatable bonds is 7. The van der Waals surface area contributed by atoms with Gasteiger partial charge in [-0.2, -0.15) is 0 Å². The summed E-state index contributed by atoms with van der Waals surface area (Å²) >= 11 is 6.05. The van der Waals surface area contributed by atoms with Crippen LogP contribution < -0.4 is 10.6 Å². The van der Waals surface area contributed by atoms with Gasteiger partial charge < -0.3 is 10.6 Å². The predicted octanol–water partition coefficient (Wildman–Crippen LogP) is 3.01.